The maximum absolute atomic E-state index is 10.9. The van der Waals surface area contributed by atoms with Crippen LogP contribution in [0.3, 0.4) is 0 Å². The number of benzene rings is 4. The molecule has 5 heteroatoms. The smallest absolute Gasteiger partial charge is 0.269 e. The van der Waals surface area contributed by atoms with E-state index in [0.29, 0.717) is 0 Å². The monoisotopic (exact) mass is 367 g/mol. The van der Waals surface area contributed by atoms with E-state index in [2.05, 4.69) is 65.1 Å². The highest BCUT2D eigenvalue weighted by Gasteiger charge is 2.25. The topological polar surface area (TPSA) is 67.5 Å². The van der Waals surface area contributed by atoms with E-state index in [4.69, 9.17) is 0 Å². The van der Waals surface area contributed by atoms with Crippen LogP contribution in [-0.2, 0) is 0 Å². The van der Waals surface area contributed by atoms with Gasteiger partial charge in [0.15, 0.2) is 0 Å². The number of nitro groups is 1. The summed E-state index contributed by atoms with van der Waals surface area (Å²) in [4.78, 5) is 10.5. The van der Waals surface area contributed by atoms with E-state index < -0.39 is 0 Å². The molecular weight excluding hydrogens is 350 g/mol. The van der Waals surface area contributed by atoms with Crippen LogP contribution >= 0.6 is 0 Å². The summed E-state index contributed by atoms with van der Waals surface area (Å²) in [6, 6.07) is 25.7. The standard InChI is InChI=1S/C23H17N3O2/c27-26(28)18-11-9-15(10-12-18)21-14-22(25-24-21)23-19-7-3-1-5-16(19)13-17-6-2-4-8-20(17)23/h1-13,22,25H,14H2. The molecule has 1 N–H and O–H groups in total. The van der Waals surface area contributed by atoms with Crippen LogP contribution in [0.4, 0.5) is 5.69 Å². The Labute approximate surface area is 161 Å². The zero-order chi connectivity index (χ0) is 19.1. The van der Waals surface area contributed by atoms with Crippen LogP contribution in [0, 0.1) is 10.1 Å². The minimum absolute atomic E-state index is 0.0567. The van der Waals surface area contributed by atoms with Gasteiger partial charge in [-0.3, -0.25) is 10.1 Å². The summed E-state index contributed by atoms with van der Waals surface area (Å²) in [6.45, 7) is 0. The Bertz CT molecular complexity index is 1190. The Morgan fingerprint density at radius 3 is 2.11 bits per heavy atom. The van der Waals surface area contributed by atoms with Crippen LogP contribution in [0.25, 0.3) is 21.5 Å². The third-order valence-corrected chi connectivity index (χ3v) is 5.33. The molecule has 0 saturated carbocycles. The molecule has 0 radical (unpaired) electrons. The molecule has 0 amide bonds. The molecule has 0 aromatic heterocycles. The van der Waals surface area contributed by atoms with Gasteiger partial charge in [0, 0.05) is 18.6 Å². The number of rotatable bonds is 3. The summed E-state index contributed by atoms with van der Waals surface area (Å²) in [5, 5.41) is 20.3. The van der Waals surface area contributed by atoms with Gasteiger partial charge in [-0.1, -0.05) is 48.5 Å². The highest BCUT2D eigenvalue weighted by Crippen LogP contribution is 2.36. The number of nitrogens with zero attached hydrogens (tertiary/aromatic N) is 2. The molecule has 5 nitrogen and oxygen atoms in total. The molecule has 0 fully saturated rings. The first-order valence-electron chi connectivity index (χ1n) is 9.18. The Balaban J connectivity index is 1.55. The molecule has 0 bridgehead atoms. The van der Waals surface area contributed by atoms with Crippen molar-refractivity contribution in [1.29, 1.82) is 0 Å². The van der Waals surface area contributed by atoms with Gasteiger partial charge in [-0.25, -0.2) is 0 Å². The van der Waals surface area contributed by atoms with E-state index >= 15 is 0 Å². The lowest BCUT2D eigenvalue weighted by atomic mass is 9.90. The van der Waals surface area contributed by atoms with Crippen LogP contribution < -0.4 is 5.43 Å². The molecular formula is C23H17N3O2. The maximum Gasteiger partial charge on any atom is 0.269 e. The SMILES string of the molecule is O=[N+]([O-])c1ccc(C2=NNC(c3c4ccccc4cc4ccccc34)C2)cc1. The minimum Gasteiger partial charge on any atom is -0.302 e. The van der Waals surface area contributed by atoms with Crippen molar-refractivity contribution in [1.82, 2.24) is 5.43 Å². The van der Waals surface area contributed by atoms with Crippen molar-refractivity contribution < 1.29 is 4.92 Å². The first-order chi connectivity index (χ1) is 13.7. The van der Waals surface area contributed by atoms with Crippen molar-refractivity contribution in [2.75, 3.05) is 0 Å². The zero-order valence-corrected chi connectivity index (χ0v) is 15.0. The van der Waals surface area contributed by atoms with Crippen LogP contribution in [0.2, 0.25) is 0 Å². The zero-order valence-electron chi connectivity index (χ0n) is 15.0. The number of non-ortho nitro benzene ring substituents is 1. The third kappa shape index (κ3) is 2.68. The first-order valence-corrected chi connectivity index (χ1v) is 9.18. The molecule has 1 atom stereocenters. The number of nitrogens with one attached hydrogen (secondary N) is 1. The molecule has 136 valence electrons. The van der Waals surface area contributed by atoms with Gasteiger partial charge in [0.1, 0.15) is 0 Å². The minimum atomic E-state index is -0.385. The normalized spacial score (nSPS) is 16.1. The summed E-state index contributed by atoms with van der Waals surface area (Å²) in [7, 11) is 0. The lowest BCUT2D eigenvalue weighted by Gasteiger charge is -2.17. The van der Waals surface area contributed by atoms with Crippen LogP contribution in [0.1, 0.15) is 23.6 Å². The Morgan fingerprint density at radius 2 is 1.50 bits per heavy atom. The van der Waals surface area contributed by atoms with Gasteiger partial charge in [0.25, 0.3) is 5.69 Å². The molecule has 0 spiro atoms. The van der Waals surface area contributed by atoms with Crippen LogP contribution in [0.5, 0.6) is 0 Å². The summed E-state index contributed by atoms with van der Waals surface area (Å²) < 4.78 is 0. The summed E-state index contributed by atoms with van der Waals surface area (Å²) in [6.07, 6.45) is 0.732. The molecule has 0 saturated heterocycles. The number of hydrogen-bond acceptors (Lipinski definition) is 4. The Hall–Kier alpha value is -3.73. The fourth-order valence-corrected chi connectivity index (χ4v) is 3.99. The van der Waals surface area contributed by atoms with Gasteiger partial charge in [-0.2, -0.15) is 5.10 Å². The maximum atomic E-state index is 10.9. The molecule has 4 aromatic rings. The molecule has 28 heavy (non-hydrogen) atoms. The first kappa shape index (κ1) is 16.4. The van der Waals surface area contributed by atoms with Crippen molar-refractivity contribution in [2.45, 2.75) is 12.5 Å². The van der Waals surface area contributed by atoms with Crippen molar-refractivity contribution >= 4 is 32.9 Å². The molecule has 4 aromatic carbocycles. The highest BCUT2D eigenvalue weighted by atomic mass is 16.6. The van der Waals surface area contributed by atoms with E-state index in [9.17, 15) is 10.1 Å². The highest BCUT2D eigenvalue weighted by molar-refractivity contribution is 6.06. The number of hydrogen-bond donors (Lipinski definition) is 1. The quantitative estimate of drug-likeness (QED) is 0.302. The van der Waals surface area contributed by atoms with Crippen molar-refractivity contribution in [3.63, 3.8) is 0 Å². The van der Waals surface area contributed by atoms with Crippen molar-refractivity contribution in [3.05, 3.63) is 100 Å². The largest absolute Gasteiger partial charge is 0.302 e. The van der Waals surface area contributed by atoms with E-state index in [-0.39, 0.29) is 16.7 Å². The van der Waals surface area contributed by atoms with E-state index in [0.717, 1.165) is 17.7 Å². The fraction of sp³-hybridized carbons (Fsp3) is 0.0870. The lowest BCUT2D eigenvalue weighted by Crippen LogP contribution is -2.11. The molecule has 5 rings (SSSR count). The van der Waals surface area contributed by atoms with Gasteiger partial charge in [-0.05, 0) is 50.9 Å². The second kappa shape index (κ2) is 6.46. The summed E-state index contributed by atoms with van der Waals surface area (Å²) in [5.74, 6) is 0. The lowest BCUT2D eigenvalue weighted by molar-refractivity contribution is -0.384. The van der Waals surface area contributed by atoms with Crippen molar-refractivity contribution in [3.8, 4) is 0 Å². The average Bonchev–Trinajstić information content (AvgIpc) is 3.21. The van der Waals surface area contributed by atoms with Gasteiger partial charge in [0.05, 0.1) is 16.7 Å². The number of nitro benzene ring substituents is 1. The molecule has 1 unspecified atom stereocenters. The van der Waals surface area contributed by atoms with Crippen molar-refractivity contribution in [2.24, 2.45) is 5.10 Å². The predicted molar refractivity (Wildman–Crippen MR) is 112 cm³/mol. The van der Waals surface area contributed by atoms with E-state index in [1.807, 2.05) is 0 Å². The van der Waals surface area contributed by atoms with Gasteiger partial charge >= 0.3 is 0 Å². The van der Waals surface area contributed by atoms with Gasteiger partial charge < -0.3 is 5.43 Å². The second-order valence-electron chi connectivity index (χ2n) is 6.98. The van der Waals surface area contributed by atoms with E-state index in [1.54, 1.807) is 12.1 Å². The van der Waals surface area contributed by atoms with Gasteiger partial charge in [0.2, 0.25) is 0 Å². The van der Waals surface area contributed by atoms with E-state index in [1.165, 1.54) is 39.2 Å². The molecule has 1 aliphatic heterocycles. The Kier molecular flexibility index (Phi) is 3.79. The average molecular weight is 367 g/mol. The number of fused-ring (bicyclic) bond motifs is 2. The molecule has 1 heterocycles. The number of hydrazone groups is 1. The van der Waals surface area contributed by atoms with Gasteiger partial charge in [-0.15, -0.1) is 0 Å². The second-order valence-corrected chi connectivity index (χ2v) is 6.98. The Morgan fingerprint density at radius 1 is 0.893 bits per heavy atom. The molecule has 1 aliphatic rings. The fourth-order valence-electron chi connectivity index (χ4n) is 3.99. The molecule has 0 aliphatic carbocycles. The summed E-state index contributed by atoms with van der Waals surface area (Å²) in [5.41, 5.74) is 6.45. The van der Waals surface area contributed by atoms with Crippen LogP contribution in [-0.4, -0.2) is 10.6 Å². The predicted octanol–water partition coefficient (Wildman–Crippen LogP) is 5.34. The summed E-state index contributed by atoms with van der Waals surface area (Å²) >= 11 is 0. The van der Waals surface area contributed by atoms with Crippen LogP contribution in [0.15, 0.2) is 84.0 Å². The third-order valence-electron chi connectivity index (χ3n) is 5.33.